The van der Waals surface area contributed by atoms with E-state index in [0.29, 0.717) is 30.9 Å². The molecule has 1 N–H and O–H groups in total. The van der Waals surface area contributed by atoms with Gasteiger partial charge in [0.25, 0.3) is 5.91 Å². The fourth-order valence-corrected chi connectivity index (χ4v) is 4.76. The number of ether oxygens (including phenoxy) is 2. The zero-order valence-electron chi connectivity index (χ0n) is 21.0. The Kier molecular flexibility index (Phi) is 8.97. The minimum absolute atomic E-state index is 0.0133. The van der Waals surface area contributed by atoms with Gasteiger partial charge in [-0.2, -0.15) is 5.26 Å². The summed E-state index contributed by atoms with van der Waals surface area (Å²) in [5, 5.41) is 14.8. The van der Waals surface area contributed by atoms with Gasteiger partial charge >= 0.3 is 0 Å². The lowest BCUT2D eigenvalue weighted by molar-refractivity contribution is -0.117. The first kappa shape index (κ1) is 26.7. The highest BCUT2D eigenvalue weighted by atomic mass is 79.9. The van der Waals surface area contributed by atoms with Crippen LogP contribution in [0.1, 0.15) is 22.3 Å². The molecule has 0 saturated heterocycles. The van der Waals surface area contributed by atoms with E-state index in [1.807, 2.05) is 60.7 Å². The molecule has 0 unspecified atom stereocenters. The van der Waals surface area contributed by atoms with Gasteiger partial charge in [0.15, 0.2) is 0 Å². The lowest BCUT2D eigenvalue weighted by atomic mass is 10.0. The molecule has 0 spiro atoms. The SMILES string of the molecule is C=CCc1cc(/C=C(/C#N)C(=O)NCc2ccc(OC)cc2)cc(Br)c1OCc1cccc2ccccc12. The Balaban J connectivity index is 1.53. The molecule has 190 valence electrons. The molecule has 0 bridgehead atoms. The van der Waals surface area contributed by atoms with E-state index in [4.69, 9.17) is 9.47 Å². The van der Waals surface area contributed by atoms with E-state index in [1.54, 1.807) is 19.3 Å². The van der Waals surface area contributed by atoms with E-state index >= 15 is 0 Å². The number of carbonyl (C=O) groups is 1. The third-order valence-corrected chi connectivity index (χ3v) is 6.64. The van der Waals surface area contributed by atoms with Gasteiger partial charge in [-0.05, 0) is 85.7 Å². The Bertz CT molecular complexity index is 1530. The number of hydrogen-bond acceptors (Lipinski definition) is 4. The molecular formula is C32H27BrN2O3. The van der Waals surface area contributed by atoms with Crippen LogP contribution in [0, 0.1) is 11.3 Å². The minimum Gasteiger partial charge on any atom is -0.497 e. The second-order valence-electron chi connectivity index (χ2n) is 8.61. The van der Waals surface area contributed by atoms with Gasteiger partial charge in [0.05, 0.1) is 11.6 Å². The summed E-state index contributed by atoms with van der Waals surface area (Å²) in [6.07, 6.45) is 3.94. The molecule has 4 aromatic carbocycles. The number of allylic oxidation sites excluding steroid dienone is 1. The summed E-state index contributed by atoms with van der Waals surface area (Å²) >= 11 is 3.63. The summed E-state index contributed by atoms with van der Waals surface area (Å²) in [7, 11) is 1.60. The quantitative estimate of drug-likeness (QED) is 0.126. The van der Waals surface area contributed by atoms with E-state index in [2.05, 4.69) is 52.1 Å². The van der Waals surface area contributed by atoms with E-state index in [9.17, 15) is 10.1 Å². The third kappa shape index (κ3) is 6.50. The topological polar surface area (TPSA) is 71.4 Å². The van der Waals surface area contributed by atoms with Gasteiger partial charge < -0.3 is 14.8 Å². The average molecular weight is 567 g/mol. The van der Waals surface area contributed by atoms with Crippen LogP contribution in [0.15, 0.2) is 102 Å². The standard InChI is InChI=1S/C32H27BrN2O3/c1-3-7-25-16-23(17-27(19-34)32(36)35-20-22-12-14-28(37-2)15-13-22)18-30(33)31(25)38-21-26-10-6-9-24-8-4-5-11-29(24)26/h3-6,8-18H,1,7,20-21H2,2H3,(H,35,36)/b27-17-. The zero-order chi connectivity index (χ0) is 26.9. The Morgan fingerprint density at radius 1 is 1.05 bits per heavy atom. The molecule has 4 aromatic rings. The van der Waals surface area contributed by atoms with Crippen molar-refractivity contribution in [3.63, 3.8) is 0 Å². The van der Waals surface area contributed by atoms with Crippen molar-refractivity contribution in [2.45, 2.75) is 19.6 Å². The maximum atomic E-state index is 12.7. The largest absolute Gasteiger partial charge is 0.497 e. The number of nitrogens with one attached hydrogen (secondary N) is 1. The maximum absolute atomic E-state index is 12.7. The number of methoxy groups -OCH3 is 1. The number of nitriles is 1. The van der Waals surface area contributed by atoms with Gasteiger partial charge in [-0.3, -0.25) is 4.79 Å². The van der Waals surface area contributed by atoms with Crippen LogP contribution in [-0.4, -0.2) is 13.0 Å². The molecule has 0 heterocycles. The number of hydrogen-bond donors (Lipinski definition) is 1. The number of benzene rings is 4. The lowest BCUT2D eigenvalue weighted by Gasteiger charge is -2.15. The Hall–Kier alpha value is -4.34. The second kappa shape index (κ2) is 12.8. The highest BCUT2D eigenvalue weighted by Gasteiger charge is 2.14. The summed E-state index contributed by atoms with van der Waals surface area (Å²) in [5.41, 5.74) is 3.61. The number of amides is 1. The Morgan fingerprint density at radius 3 is 2.55 bits per heavy atom. The number of rotatable bonds is 10. The normalized spacial score (nSPS) is 11.0. The first-order valence-corrected chi connectivity index (χ1v) is 12.9. The van der Waals surface area contributed by atoms with Crippen molar-refractivity contribution in [1.82, 2.24) is 5.32 Å². The Morgan fingerprint density at radius 2 is 1.82 bits per heavy atom. The predicted octanol–water partition coefficient (Wildman–Crippen LogP) is 7.14. The van der Waals surface area contributed by atoms with Crippen molar-refractivity contribution in [1.29, 1.82) is 5.26 Å². The summed E-state index contributed by atoms with van der Waals surface area (Å²) in [4.78, 5) is 12.7. The zero-order valence-corrected chi connectivity index (χ0v) is 22.6. The van der Waals surface area contributed by atoms with Gasteiger partial charge in [0, 0.05) is 6.54 Å². The summed E-state index contributed by atoms with van der Waals surface area (Å²) in [5.74, 6) is 1.00. The van der Waals surface area contributed by atoms with Crippen LogP contribution in [0.25, 0.3) is 16.8 Å². The molecule has 6 heteroatoms. The van der Waals surface area contributed by atoms with Gasteiger partial charge in [-0.15, -0.1) is 6.58 Å². The monoisotopic (exact) mass is 566 g/mol. The molecule has 0 radical (unpaired) electrons. The molecule has 0 saturated carbocycles. The molecule has 1 amide bonds. The first-order valence-electron chi connectivity index (χ1n) is 12.1. The van der Waals surface area contributed by atoms with Gasteiger partial charge in [-0.1, -0.05) is 60.7 Å². The van der Waals surface area contributed by atoms with Gasteiger partial charge in [0.1, 0.15) is 29.7 Å². The molecule has 0 fully saturated rings. The molecule has 0 atom stereocenters. The number of carbonyl (C=O) groups excluding carboxylic acids is 1. The van der Waals surface area contributed by atoms with Crippen LogP contribution in [-0.2, 0) is 24.4 Å². The summed E-state index contributed by atoms with van der Waals surface area (Å²) in [6.45, 7) is 4.57. The molecule has 0 aliphatic rings. The molecule has 4 rings (SSSR count). The van der Waals surface area contributed by atoms with Crippen molar-refractivity contribution in [2.24, 2.45) is 0 Å². The van der Waals surface area contributed by atoms with E-state index in [0.717, 1.165) is 37.7 Å². The van der Waals surface area contributed by atoms with Gasteiger partial charge in [0.2, 0.25) is 0 Å². The fourth-order valence-electron chi connectivity index (χ4n) is 4.13. The first-order chi connectivity index (χ1) is 18.5. The number of fused-ring (bicyclic) bond motifs is 1. The van der Waals surface area contributed by atoms with Crippen LogP contribution in [0.2, 0.25) is 0 Å². The fraction of sp³-hybridized carbons (Fsp3) is 0.125. The summed E-state index contributed by atoms with van der Waals surface area (Å²) < 4.78 is 12.2. The lowest BCUT2D eigenvalue weighted by Crippen LogP contribution is -2.23. The number of halogens is 1. The number of nitrogens with zero attached hydrogens (tertiary/aromatic N) is 1. The predicted molar refractivity (Wildman–Crippen MR) is 155 cm³/mol. The van der Waals surface area contributed by atoms with E-state index in [1.165, 1.54) is 0 Å². The van der Waals surface area contributed by atoms with Crippen molar-refractivity contribution < 1.29 is 14.3 Å². The van der Waals surface area contributed by atoms with Crippen LogP contribution in [0.4, 0.5) is 0 Å². The second-order valence-corrected chi connectivity index (χ2v) is 9.47. The van der Waals surface area contributed by atoms with Crippen molar-refractivity contribution in [3.8, 4) is 17.6 Å². The molecule has 38 heavy (non-hydrogen) atoms. The smallest absolute Gasteiger partial charge is 0.262 e. The highest BCUT2D eigenvalue weighted by Crippen LogP contribution is 2.33. The molecular weight excluding hydrogens is 540 g/mol. The van der Waals surface area contributed by atoms with Crippen molar-refractivity contribution >= 4 is 38.7 Å². The van der Waals surface area contributed by atoms with Crippen LogP contribution < -0.4 is 14.8 Å². The minimum atomic E-state index is -0.444. The average Bonchev–Trinajstić information content (AvgIpc) is 2.94. The maximum Gasteiger partial charge on any atom is 0.262 e. The molecule has 0 aliphatic heterocycles. The van der Waals surface area contributed by atoms with E-state index in [-0.39, 0.29) is 5.57 Å². The third-order valence-electron chi connectivity index (χ3n) is 6.05. The van der Waals surface area contributed by atoms with Crippen LogP contribution >= 0.6 is 15.9 Å². The Labute approximate surface area is 231 Å². The van der Waals surface area contributed by atoms with Crippen LogP contribution in [0.5, 0.6) is 11.5 Å². The van der Waals surface area contributed by atoms with Gasteiger partial charge in [-0.25, -0.2) is 0 Å². The molecule has 5 nitrogen and oxygen atoms in total. The highest BCUT2D eigenvalue weighted by molar-refractivity contribution is 9.10. The van der Waals surface area contributed by atoms with Crippen LogP contribution in [0.3, 0.4) is 0 Å². The molecule has 0 aliphatic carbocycles. The van der Waals surface area contributed by atoms with Crippen molar-refractivity contribution in [3.05, 3.63) is 124 Å². The molecule has 0 aromatic heterocycles. The summed E-state index contributed by atoms with van der Waals surface area (Å²) in [6, 6.07) is 27.5. The van der Waals surface area contributed by atoms with E-state index < -0.39 is 5.91 Å². The van der Waals surface area contributed by atoms with Crippen molar-refractivity contribution in [2.75, 3.05) is 7.11 Å².